The van der Waals surface area contributed by atoms with Crippen LogP contribution in [-0.2, 0) is 0 Å². The molecule has 2 aromatic rings. The Morgan fingerprint density at radius 1 is 1.33 bits per heavy atom. The van der Waals surface area contributed by atoms with E-state index < -0.39 is 0 Å². The van der Waals surface area contributed by atoms with Crippen molar-refractivity contribution in [2.45, 2.75) is 38.1 Å². The number of aromatic nitrogens is 3. The van der Waals surface area contributed by atoms with Crippen LogP contribution in [0.2, 0.25) is 0 Å². The standard InChI is InChI=1S/C13H19N7S/c14-11(15)20-13-19-10(7-21-13)9-6-16-12(18-9)17-8-4-2-1-3-5-8/h6-8H,1-5H2,(H2,16,17,18)(H4,14,15,19,20). The van der Waals surface area contributed by atoms with Crippen LogP contribution in [-0.4, -0.2) is 27.0 Å². The zero-order valence-electron chi connectivity index (χ0n) is 11.7. The lowest BCUT2D eigenvalue weighted by atomic mass is 9.96. The van der Waals surface area contributed by atoms with E-state index in [1.807, 2.05) is 5.38 Å². The van der Waals surface area contributed by atoms with Gasteiger partial charge in [0.1, 0.15) is 5.69 Å². The smallest absolute Gasteiger partial charge is 0.212 e. The van der Waals surface area contributed by atoms with Gasteiger partial charge in [0.05, 0.1) is 11.9 Å². The summed E-state index contributed by atoms with van der Waals surface area (Å²) in [6.07, 6.45) is 8.12. The molecule has 0 bridgehead atoms. The first-order valence-corrected chi connectivity index (χ1v) is 7.96. The number of guanidine groups is 1. The number of thiazole rings is 1. The van der Waals surface area contributed by atoms with Crippen LogP contribution in [0.15, 0.2) is 16.6 Å². The highest BCUT2D eigenvalue weighted by atomic mass is 32.1. The average molecular weight is 305 g/mol. The SMILES string of the molecule is NC(N)=Nc1nc(-c2cnc(NC3CCCCC3)[nH]2)cs1. The van der Waals surface area contributed by atoms with Gasteiger partial charge in [-0.25, -0.2) is 9.97 Å². The van der Waals surface area contributed by atoms with Gasteiger partial charge in [0.25, 0.3) is 0 Å². The number of anilines is 1. The molecule has 1 aliphatic carbocycles. The van der Waals surface area contributed by atoms with Crippen molar-refractivity contribution in [2.75, 3.05) is 5.32 Å². The number of nitrogens with two attached hydrogens (primary N) is 2. The molecule has 0 radical (unpaired) electrons. The van der Waals surface area contributed by atoms with Crippen molar-refractivity contribution in [1.29, 1.82) is 0 Å². The van der Waals surface area contributed by atoms with Gasteiger partial charge in [0.15, 0.2) is 5.96 Å². The van der Waals surface area contributed by atoms with Gasteiger partial charge in [-0.3, -0.25) is 0 Å². The van der Waals surface area contributed by atoms with Crippen molar-refractivity contribution >= 4 is 28.4 Å². The fraction of sp³-hybridized carbons (Fsp3) is 0.462. The lowest BCUT2D eigenvalue weighted by Crippen LogP contribution is -2.22. The Bertz CT molecular complexity index is 620. The molecule has 21 heavy (non-hydrogen) atoms. The summed E-state index contributed by atoms with van der Waals surface area (Å²) < 4.78 is 0. The van der Waals surface area contributed by atoms with E-state index in [9.17, 15) is 0 Å². The van der Waals surface area contributed by atoms with Crippen LogP contribution in [0.3, 0.4) is 0 Å². The van der Waals surface area contributed by atoms with Gasteiger partial charge in [-0.1, -0.05) is 19.3 Å². The van der Waals surface area contributed by atoms with Crippen molar-refractivity contribution in [3.8, 4) is 11.4 Å². The molecule has 112 valence electrons. The maximum Gasteiger partial charge on any atom is 0.212 e. The van der Waals surface area contributed by atoms with Gasteiger partial charge in [-0.05, 0) is 12.8 Å². The van der Waals surface area contributed by atoms with Gasteiger partial charge in [-0.2, -0.15) is 4.99 Å². The van der Waals surface area contributed by atoms with Crippen molar-refractivity contribution < 1.29 is 0 Å². The molecule has 1 fully saturated rings. The van der Waals surface area contributed by atoms with Crippen molar-refractivity contribution in [3.63, 3.8) is 0 Å². The fourth-order valence-corrected chi connectivity index (χ4v) is 3.22. The maximum absolute atomic E-state index is 5.34. The molecule has 0 spiro atoms. The van der Waals surface area contributed by atoms with Crippen molar-refractivity contribution in [1.82, 2.24) is 15.0 Å². The summed E-state index contributed by atoms with van der Waals surface area (Å²) in [4.78, 5) is 15.9. The van der Waals surface area contributed by atoms with E-state index in [4.69, 9.17) is 11.5 Å². The second-order valence-corrected chi connectivity index (χ2v) is 6.01. The van der Waals surface area contributed by atoms with E-state index in [-0.39, 0.29) is 5.96 Å². The van der Waals surface area contributed by atoms with E-state index in [0.717, 1.165) is 17.3 Å². The summed E-state index contributed by atoms with van der Waals surface area (Å²) in [5.41, 5.74) is 12.3. The van der Waals surface area contributed by atoms with Crippen molar-refractivity contribution in [3.05, 3.63) is 11.6 Å². The molecule has 7 nitrogen and oxygen atoms in total. The predicted octanol–water partition coefficient (Wildman–Crippen LogP) is 2.18. The first kappa shape index (κ1) is 13.9. The second-order valence-electron chi connectivity index (χ2n) is 5.18. The molecule has 0 atom stereocenters. The third-order valence-electron chi connectivity index (χ3n) is 3.51. The van der Waals surface area contributed by atoms with Gasteiger partial charge < -0.3 is 21.8 Å². The van der Waals surface area contributed by atoms with E-state index >= 15 is 0 Å². The summed E-state index contributed by atoms with van der Waals surface area (Å²) in [5.74, 6) is 0.813. The summed E-state index contributed by atoms with van der Waals surface area (Å²) in [6.45, 7) is 0. The molecular weight excluding hydrogens is 286 g/mol. The Morgan fingerprint density at radius 3 is 2.90 bits per heavy atom. The molecule has 8 heteroatoms. The van der Waals surface area contributed by atoms with Crippen LogP contribution in [0.4, 0.5) is 11.1 Å². The molecular formula is C13H19N7S. The number of hydrogen-bond donors (Lipinski definition) is 4. The quantitative estimate of drug-likeness (QED) is 0.510. The molecule has 1 saturated carbocycles. The van der Waals surface area contributed by atoms with E-state index in [0.29, 0.717) is 11.2 Å². The number of nitrogens with zero attached hydrogens (tertiary/aromatic N) is 3. The first-order chi connectivity index (χ1) is 10.2. The van der Waals surface area contributed by atoms with Gasteiger partial charge in [0, 0.05) is 11.4 Å². The van der Waals surface area contributed by atoms with Crippen LogP contribution in [0.25, 0.3) is 11.4 Å². The minimum Gasteiger partial charge on any atom is -0.370 e. The molecule has 0 aromatic carbocycles. The number of H-pyrrole nitrogens is 1. The molecule has 2 aromatic heterocycles. The second kappa shape index (κ2) is 6.13. The molecule has 0 saturated heterocycles. The van der Waals surface area contributed by atoms with Crippen LogP contribution in [0.5, 0.6) is 0 Å². The minimum atomic E-state index is 0.0140. The monoisotopic (exact) mass is 305 g/mol. The molecule has 2 heterocycles. The van der Waals surface area contributed by atoms with Crippen LogP contribution in [0.1, 0.15) is 32.1 Å². The topological polar surface area (TPSA) is 118 Å². The zero-order valence-corrected chi connectivity index (χ0v) is 12.5. The Labute approximate surface area is 126 Å². The molecule has 0 aliphatic heterocycles. The van der Waals surface area contributed by atoms with Gasteiger partial charge in [-0.15, -0.1) is 11.3 Å². The number of hydrogen-bond acceptors (Lipinski definition) is 5. The molecule has 0 amide bonds. The number of aromatic amines is 1. The first-order valence-electron chi connectivity index (χ1n) is 7.08. The summed E-state index contributed by atoms with van der Waals surface area (Å²) in [5, 5.41) is 5.90. The van der Waals surface area contributed by atoms with Gasteiger partial charge >= 0.3 is 0 Å². The Kier molecular flexibility index (Phi) is 4.05. The highest BCUT2D eigenvalue weighted by Gasteiger charge is 2.15. The van der Waals surface area contributed by atoms with E-state index in [1.54, 1.807) is 6.20 Å². The molecule has 1 aliphatic rings. The van der Waals surface area contributed by atoms with Gasteiger partial charge in [0.2, 0.25) is 11.1 Å². The number of rotatable bonds is 4. The Hall–Kier alpha value is -2.09. The normalized spacial score (nSPS) is 15.8. The third-order valence-corrected chi connectivity index (χ3v) is 4.25. The minimum absolute atomic E-state index is 0.0140. The zero-order chi connectivity index (χ0) is 14.7. The Balaban J connectivity index is 1.69. The van der Waals surface area contributed by atoms with Crippen molar-refractivity contribution in [2.24, 2.45) is 16.5 Å². The highest BCUT2D eigenvalue weighted by Crippen LogP contribution is 2.27. The van der Waals surface area contributed by atoms with Crippen LogP contribution < -0.4 is 16.8 Å². The lowest BCUT2D eigenvalue weighted by molar-refractivity contribution is 0.461. The number of imidazole rings is 1. The molecule has 0 unspecified atom stereocenters. The predicted molar refractivity (Wildman–Crippen MR) is 85.7 cm³/mol. The lowest BCUT2D eigenvalue weighted by Gasteiger charge is -2.22. The average Bonchev–Trinajstić information content (AvgIpc) is 3.08. The third kappa shape index (κ3) is 3.52. The molecule has 3 rings (SSSR count). The number of nitrogens with one attached hydrogen (secondary N) is 2. The summed E-state index contributed by atoms with van der Waals surface area (Å²) >= 11 is 1.39. The maximum atomic E-state index is 5.34. The Morgan fingerprint density at radius 2 is 2.14 bits per heavy atom. The molecule has 6 N–H and O–H groups in total. The van der Waals surface area contributed by atoms with Crippen LogP contribution in [0, 0.1) is 0 Å². The number of aliphatic imine (C=N–C) groups is 1. The van der Waals surface area contributed by atoms with Crippen LogP contribution >= 0.6 is 11.3 Å². The fourth-order valence-electron chi connectivity index (χ4n) is 2.51. The largest absolute Gasteiger partial charge is 0.370 e. The van der Waals surface area contributed by atoms with E-state index in [1.165, 1.54) is 43.4 Å². The summed E-state index contributed by atoms with van der Waals surface area (Å²) in [6, 6.07) is 0.519. The summed E-state index contributed by atoms with van der Waals surface area (Å²) in [7, 11) is 0. The van der Waals surface area contributed by atoms with E-state index in [2.05, 4.69) is 25.3 Å². The highest BCUT2D eigenvalue weighted by molar-refractivity contribution is 7.13.